The van der Waals surface area contributed by atoms with E-state index in [1.165, 1.54) is 34.9 Å². The minimum absolute atomic E-state index is 0.0461. The molecule has 0 spiro atoms. The van der Waals surface area contributed by atoms with Crippen molar-refractivity contribution in [2.75, 3.05) is 11.9 Å². The Balaban J connectivity index is 1.71. The average molecular weight is 381 g/mol. The predicted molar refractivity (Wildman–Crippen MR) is 94.9 cm³/mol. The van der Waals surface area contributed by atoms with Crippen molar-refractivity contribution in [1.29, 1.82) is 0 Å². The number of thioether (sulfide) groups is 1. The van der Waals surface area contributed by atoms with Crippen LogP contribution >= 0.6 is 34.7 Å². The molecule has 0 aliphatic heterocycles. The van der Waals surface area contributed by atoms with Crippen molar-refractivity contribution < 1.29 is 4.79 Å². The topological polar surface area (TPSA) is 76.8 Å². The average Bonchev–Trinajstić information content (AvgIpc) is 3.22. The summed E-state index contributed by atoms with van der Waals surface area (Å²) in [6.07, 6.45) is 0. The molecule has 0 unspecified atom stereocenters. The number of tetrazole rings is 1. The lowest BCUT2D eigenvalue weighted by Gasteiger charge is -2.09. The molecule has 2 heterocycles. The first kappa shape index (κ1) is 16.9. The Morgan fingerprint density at radius 2 is 2.12 bits per heavy atom. The van der Waals surface area contributed by atoms with Gasteiger partial charge in [-0.3, -0.25) is 9.69 Å². The zero-order chi connectivity index (χ0) is 17.1. The molecule has 0 N–H and O–H groups in total. The van der Waals surface area contributed by atoms with Crippen molar-refractivity contribution in [3.05, 3.63) is 40.4 Å². The van der Waals surface area contributed by atoms with Gasteiger partial charge in [-0.1, -0.05) is 23.4 Å². The zero-order valence-corrected chi connectivity index (χ0v) is 15.3. The van der Waals surface area contributed by atoms with Crippen LogP contribution in [0, 0.1) is 0 Å². The van der Waals surface area contributed by atoms with Gasteiger partial charge in [-0.05, 0) is 34.7 Å². The number of halogens is 1. The summed E-state index contributed by atoms with van der Waals surface area (Å²) < 4.78 is 1.65. The molecule has 0 saturated heterocycles. The first-order chi connectivity index (χ1) is 11.5. The largest absolute Gasteiger partial charge is 0.292 e. The number of carbonyl (C=O) groups is 1. The Morgan fingerprint density at radius 3 is 2.83 bits per heavy atom. The van der Waals surface area contributed by atoms with Gasteiger partial charge in [-0.2, -0.15) is 4.68 Å². The standard InChI is InChI=1S/C14H13ClN6OS2/c1-9(22)20(2)13-16-11(7-23-13)8-24-14-17-18-19-21(14)12-5-3-10(15)4-6-12/h3-7H,8H2,1-2H3. The minimum Gasteiger partial charge on any atom is -0.292 e. The number of benzene rings is 1. The van der Waals surface area contributed by atoms with Gasteiger partial charge in [-0.15, -0.1) is 16.4 Å². The molecule has 0 saturated carbocycles. The quantitative estimate of drug-likeness (QED) is 0.633. The summed E-state index contributed by atoms with van der Waals surface area (Å²) in [6, 6.07) is 7.28. The molecule has 3 rings (SSSR count). The summed E-state index contributed by atoms with van der Waals surface area (Å²) in [6.45, 7) is 1.51. The minimum atomic E-state index is -0.0461. The highest BCUT2D eigenvalue weighted by Crippen LogP contribution is 2.26. The lowest BCUT2D eigenvalue weighted by molar-refractivity contribution is -0.116. The monoisotopic (exact) mass is 380 g/mol. The van der Waals surface area contributed by atoms with Crippen LogP contribution in [0.25, 0.3) is 5.69 Å². The molecule has 0 aliphatic rings. The third kappa shape index (κ3) is 3.74. The summed E-state index contributed by atoms with van der Waals surface area (Å²) >= 11 is 8.81. The Kier molecular flexibility index (Phi) is 5.12. The summed E-state index contributed by atoms with van der Waals surface area (Å²) in [5.41, 5.74) is 1.71. The summed E-state index contributed by atoms with van der Waals surface area (Å²) in [5.74, 6) is 0.561. The highest BCUT2D eigenvalue weighted by molar-refractivity contribution is 7.98. The first-order valence-corrected chi connectivity index (χ1v) is 9.15. The first-order valence-electron chi connectivity index (χ1n) is 6.90. The van der Waals surface area contributed by atoms with Gasteiger partial charge in [0.1, 0.15) is 0 Å². The van der Waals surface area contributed by atoms with Gasteiger partial charge in [0.15, 0.2) is 5.13 Å². The fraction of sp³-hybridized carbons (Fsp3) is 0.214. The SMILES string of the molecule is CC(=O)N(C)c1nc(CSc2nnnn2-c2ccc(Cl)cc2)cs1. The van der Waals surface area contributed by atoms with Crippen LogP contribution in [-0.2, 0) is 10.5 Å². The van der Waals surface area contributed by atoms with E-state index in [0.29, 0.717) is 21.1 Å². The number of hydrogen-bond acceptors (Lipinski definition) is 7. The van der Waals surface area contributed by atoms with Crippen molar-refractivity contribution in [2.24, 2.45) is 0 Å². The molecule has 7 nitrogen and oxygen atoms in total. The summed E-state index contributed by atoms with van der Waals surface area (Å²) in [5, 5.41) is 15.7. The van der Waals surface area contributed by atoms with Crippen molar-refractivity contribution >= 4 is 45.7 Å². The van der Waals surface area contributed by atoms with Crippen molar-refractivity contribution in [2.45, 2.75) is 17.8 Å². The number of aromatic nitrogens is 5. The highest BCUT2D eigenvalue weighted by Gasteiger charge is 2.13. The van der Waals surface area contributed by atoms with Gasteiger partial charge >= 0.3 is 0 Å². The number of anilines is 1. The molecular weight excluding hydrogens is 368 g/mol. The molecule has 0 radical (unpaired) electrons. The van der Waals surface area contributed by atoms with Crippen LogP contribution in [-0.4, -0.2) is 38.1 Å². The Bertz CT molecular complexity index is 847. The molecule has 3 aromatic rings. The van der Waals surface area contributed by atoms with Crippen molar-refractivity contribution in [1.82, 2.24) is 25.2 Å². The molecule has 10 heteroatoms. The van der Waals surface area contributed by atoms with Gasteiger partial charge in [0.2, 0.25) is 11.1 Å². The normalized spacial score (nSPS) is 10.8. The van der Waals surface area contributed by atoms with Crippen LogP contribution in [0.5, 0.6) is 0 Å². The Hall–Kier alpha value is -1.97. The fourth-order valence-corrected chi connectivity index (χ4v) is 3.65. The molecular formula is C14H13ClN6OS2. The number of rotatable bonds is 5. The molecule has 2 aromatic heterocycles. The van der Waals surface area contributed by atoms with E-state index in [9.17, 15) is 4.79 Å². The summed E-state index contributed by atoms with van der Waals surface area (Å²) in [7, 11) is 1.71. The van der Waals surface area contributed by atoms with E-state index in [1.807, 2.05) is 17.5 Å². The van der Waals surface area contributed by atoms with Gasteiger partial charge in [0.05, 0.1) is 11.4 Å². The number of nitrogens with zero attached hydrogens (tertiary/aromatic N) is 6. The fourth-order valence-electron chi connectivity index (χ4n) is 1.80. The van der Waals surface area contributed by atoms with E-state index in [4.69, 9.17) is 11.6 Å². The Morgan fingerprint density at radius 1 is 1.38 bits per heavy atom. The van der Waals surface area contributed by atoms with Crippen molar-refractivity contribution in [3.63, 3.8) is 0 Å². The van der Waals surface area contributed by atoms with Crippen molar-refractivity contribution in [3.8, 4) is 5.69 Å². The highest BCUT2D eigenvalue weighted by atomic mass is 35.5. The molecule has 0 atom stereocenters. The van der Waals surface area contributed by atoms with E-state index in [2.05, 4.69) is 20.5 Å². The lowest BCUT2D eigenvalue weighted by atomic mass is 10.3. The smallest absolute Gasteiger partial charge is 0.225 e. The Labute approximate surface area is 151 Å². The second-order valence-corrected chi connectivity index (χ2v) is 7.05. The third-order valence-corrected chi connectivity index (χ3v) is 5.33. The van der Waals surface area contributed by atoms with Crippen LogP contribution in [0.3, 0.4) is 0 Å². The maximum absolute atomic E-state index is 11.4. The second-order valence-electron chi connectivity index (χ2n) is 4.84. The third-order valence-electron chi connectivity index (χ3n) is 3.16. The molecule has 24 heavy (non-hydrogen) atoms. The number of carbonyl (C=O) groups excluding carboxylic acids is 1. The maximum Gasteiger partial charge on any atom is 0.225 e. The molecule has 1 aromatic carbocycles. The molecule has 0 aliphatic carbocycles. The van der Waals surface area contributed by atoms with Gasteiger partial charge in [0.25, 0.3) is 0 Å². The van der Waals surface area contributed by atoms with Crippen LogP contribution < -0.4 is 4.90 Å². The molecule has 1 amide bonds. The number of amides is 1. The van der Waals surface area contributed by atoms with Crippen LogP contribution in [0.2, 0.25) is 5.02 Å². The van der Waals surface area contributed by atoms with Gasteiger partial charge < -0.3 is 0 Å². The second kappa shape index (κ2) is 7.29. The summed E-state index contributed by atoms with van der Waals surface area (Å²) in [4.78, 5) is 17.3. The van der Waals surface area contributed by atoms with Crippen LogP contribution in [0.15, 0.2) is 34.8 Å². The van der Waals surface area contributed by atoms with Crippen LogP contribution in [0.1, 0.15) is 12.6 Å². The van der Waals surface area contributed by atoms with E-state index >= 15 is 0 Å². The van der Waals surface area contributed by atoms with E-state index in [0.717, 1.165) is 11.4 Å². The number of hydrogen-bond donors (Lipinski definition) is 0. The number of thiazole rings is 1. The maximum atomic E-state index is 11.4. The molecule has 0 bridgehead atoms. The van der Waals surface area contributed by atoms with Gasteiger partial charge in [0, 0.05) is 30.1 Å². The molecule has 124 valence electrons. The lowest BCUT2D eigenvalue weighted by Crippen LogP contribution is -2.22. The van der Waals surface area contributed by atoms with Gasteiger partial charge in [-0.25, -0.2) is 4.98 Å². The van der Waals surface area contributed by atoms with E-state index in [1.54, 1.807) is 23.9 Å². The molecule has 0 fully saturated rings. The van der Waals surface area contributed by atoms with E-state index < -0.39 is 0 Å². The predicted octanol–water partition coefficient (Wildman–Crippen LogP) is 3.05. The zero-order valence-electron chi connectivity index (χ0n) is 12.9. The van der Waals surface area contributed by atoms with Crippen LogP contribution in [0.4, 0.5) is 5.13 Å². The van der Waals surface area contributed by atoms with E-state index in [-0.39, 0.29) is 5.91 Å².